The van der Waals surface area contributed by atoms with Gasteiger partial charge in [0.05, 0.1) is 83.7 Å². The van der Waals surface area contributed by atoms with Crippen molar-refractivity contribution in [3.63, 3.8) is 0 Å². The third-order valence-corrected chi connectivity index (χ3v) is 17.1. The molecule has 0 bridgehead atoms. The molecule has 0 saturated heterocycles. The SMILES string of the molecule is Cc1cccc(-c2cc(N3c4cc(-c5ccc(C(F)(F)F)cc5C(F)(F)F)ccc4C4C=CC(c5ccc(C(F)(F)F)cc5C(F)(F)F)=CC43C)c(C#N)c(-n3c4cc(-c5ccc(C(F)(F)F)cc5C(F)(F)F)ccc4c4ccc(-c5ccc(C(F)(F)F)cc5C(F)(F)F)cc43)c2)n1. The van der Waals surface area contributed by atoms with Gasteiger partial charge in [0.2, 0.25) is 0 Å². The molecule has 2 atom stereocenters. The van der Waals surface area contributed by atoms with Crippen LogP contribution in [0.15, 0.2) is 176 Å². The molecule has 504 valence electrons. The van der Waals surface area contributed by atoms with Gasteiger partial charge in [0.25, 0.3) is 0 Å². The summed E-state index contributed by atoms with van der Waals surface area (Å²) in [7, 11) is 0. The van der Waals surface area contributed by atoms with Gasteiger partial charge in [-0.15, -0.1) is 0 Å². The third kappa shape index (κ3) is 12.0. The molecule has 2 aliphatic rings. The van der Waals surface area contributed by atoms with Crippen LogP contribution in [0.5, 0.6) is 0 Å². The number of fused-ring (bicyclic) bond motifs is 6. The van der Waals surface area contributed by atoms with Gasteiger partial charge < -0.3 is 9.47 Å². The lowest BCUT2D eigenvalue weighted by Gasteiger charge is -2.41. The second-order valence-electron chi connectivity index (χ2n) is 23.3. The highest BCUT2D eigenvalue weighted by atomic mass is 19.4. The summed E-state index contributed by atoms with van der Waals surface area (Å²) in [5, 5.41) is 11.9. The Morgan fingerprint density at radius 2 is 0.796 bits per heavy atom. The second kappa shape index (κ2) is 22.7. The number of benzene rings is 8. The van der Waals surface area contributed by atoms with E-state index in [4.69, 9.17) is 0 Å². The van der Waals surface area contributed by atoms with Gasteiger partial charge in [0, 0.05) is 33.6 Å². The first-order valence-corrected chi connectivity index (χ1v) is 28.5. The van der Waals surface area contributed by atoms with Crippen LogP contribution < -0.4 is 4.90 Å². The molecule has 0 spiro atoms. The first-order valence-electron chi connectivity index (χ1n) is 28.5. The highest BCUT2D eigenvalue weighted by molar-refractivity contribution is 6.12. The molecular weight excluding hydrogens is 1350 g/mol. The highest BCUT2D eigenvalue weighted by Crippen LogP contribution is 2.59. The summed E-state index contributed by atoms with van der Waals surface area (Å²) in [4.78, 5) is 5.84. The van der Waals surface area contributed by atoms with Crippen LogP contribution in [-0.2, 0) is 49.4 Å². The summed E-state index contributed by atoms with van der Waals surface area (Å²) in [6.07, 6.45) is -39.8. The van der Waals surface area contributed by atoms with Crippen LogP contribution in [-0.4, -0.2) is 15.1 Å². The zero-order valence-corrected chi connectivity index (χ0v) is 49.2. The van der Waals surface area contributed by atoms with E-state index in [1.54, 1.807) is 0 Å². The van der Waals surface area contributed by atoms with Crippen molar-refractivity contribution in [3.05, 3.63) is 243 Å². The third-order valence-electron chi connectivity index (χ3n) is 17.1. The largest absolute Gasteiger partial charge is 0.417 e. The molecule has 1 aliphatic carbocycles. The van der Waals surface area contributed by atoms with Crippen molar-refractivity contribution >= 4 is 38.8 Å². The molecule has 12 rings (SSSR count). The second-order valence-corrected chi connectivity index (χ2v) is 23.3. The van der Waals surface area contributed by atoms with E-state index in [1.165, 1.54) is 61.2 Å². The number of alkyl halides is 24. The van der Waals surface area contributed by atoms with Gasteiger partial charge in [-0.3, -0.25) is 4.98 Å². The number of rotatable bonds is 7. The first-order chi connectivity index (χ1) is 45.4. The minimum absolute atomic E-state index is 0.0212. The number of hydrogen-bond acceptors (Lipinski definition) is 3. The minimum Gasteiger partial charge on any atom is -0.330 e. The number of nitriles is 1. The lowest BCUT2D eigenvalue weighted by atomic mass is 9.76. The molecule has 0 amide bonds. The van der Waals surface area contributed by atoms with Gasteiger partial charge in [-0.05, 0) is 155 Å². The van der Waals surface area contributed by atoms with Crippen LogP contribution >= 0.6 is 0 Å². The molecule has 0 radical (unpaired) electrons. The number of pyridine rings is 1. The minimum atomic E-state index is -5.52. The standard InChI is InChI=1S/C70H36F24N4/c1-33-4-3-5-56(96-33)38-25-59(97-57-22-34(43-17-10-39(63(71,72)73)27-52(43)67(83,84)85)6-14-47(57)48-15-7-35(23-58(48)97)44-18-11-40(64(74,75)76)28-53(44)68(86,87)88)50(32-95)61(26-38)98-60-24-36(45-19-12-41(65(77,78)79)29-54(45)69(89,90)91)8-16-49(60)51-21-9-37(31-62(51,98)2)46-20-13-42(66(80,81)82)30-55(46)70(92,93)94/h3-31,51H,1-2H3. The van der Waals surface area contributed by atoms with Gasteiger partial charge in [-0.25, -0.2) is 0 Å². The smallest absolute Gasteiger partial charge is 0.330 e. The van der Waals surface area contributed by atoms with E-state index in [2.05, 4.69) is 4.98 Å². The first kappa shape index (κ1) is 67.8. The Bertz CT molecular complexity index is 4910. The van der Waals surface area contributed by atoms with E-state index in [1.807, 2.05) is 6.07 Å². The van der Waals surface area contributed by atoms with Gasteiger partial charge >= 0.3 is 49.4 Å². The summed E-state index contributed by atoms with van der Waals surface area (Å²) >= 11 is 0. The molecule has 4 nitrogen and oxygen atoms in total. The van der Waals surface area contributed by atoms with E-state index in [0.29, 0.717) is 48.5 Å². The number of aryl methyl sites for hydroxylation is 1. The molecule has 10 aromatic rings. The zero-order valence-electron chi connectivity index (χ0n) is 49.2. The Morgan fingerprint density at radius 1 is 0.408 bits per heavy atom. The molecule has 0 N–H and O–H groups in total. The van der Waals surface area contributed by atoms with Crippen LogP contribution in [0.1, 0.15) is 79.7 Å². The lowest BCUT2D eigenvalue weighted by Crippen LogP contribution is -2.43. The predicted molar refractivity (Wildman–Crippen MR) is 313 cm³/mol. The molecular formula is C70H36F24N4. The maximum Gasteiger partial charge on any atom is 0.417 e. The van der Waals surface area contributed by atoms with E-state index in [9.17, 15) is 57.9 Å². The maximum atomic E-state index is 15.1. The van der Waals surface area contributed by atoms with Gasteiger partial charge in [0.15, 0.2) is 0 Å². The Kier molecular flexibility index (Phi) is 15.7. The quantitative estimate of drug-likeness (QED) is 0.149. The summed E-state index contributed by atoms with van der Waals surface area (Å²) in [6.45, 7) is 2.84. The van der Waals surface area contributed by atoms with Gasteiger partial charge in [0.1, 0.15) is 6.07 Å². The molecule has 98 heavy (non-hydrogen) atoms. The fourth-order valence-corrected chi connectivity index (χ4v) is 12.8. The molecule has 2 unspecified atom stereocenters. The Labute approximate surface area is 536 Å². The Balaban J connectivity index is 1.23. The van der Waals surface area contributed by atoms with Crippen molar-refractivity contribution in [3.8, 4) is 56.4 Å². The fourth-order valence-electron chi connectivity index (χ4n) is 12.8. The van der Waals surface area contributed by atoms with E-state index in [-0.39, 0.29) is 74.3 Å². The maximum absolute atomic E-state index is 15.1. The number of aromatic nitrogens is 2. The summed E-state index contributed by atoms with van der Waals surface area (Å²) in [5.41, 5.74) is -23.8. The number of nitrogens with zero attached hydrogens (tertiary/aromatic N) is 4. The molecule has 0 saturated carbocycles. The average molecular weight is 1390 g/mol. The van der Waals surface area contributed by atoms with Crippen LogP contribution in [0.3, 0.4) is 0 Å². The van der Waals surface area contributed by atoms with Crippen LogP contribution in [0.2, 0.25) is 0 Å². The monoisotopic (exact) mass is 1390 g/mol. The number of allylic oxidation sites excluding steroid dienone is 2. The predicted octanol–water partition coefficient (Wildman–Crippen LogP) is 23.8. The molecule has 0 fully saturated rings. The normalized spacial score (nSPS) is 16.4. The zero-order chi connectivity index (χ0) is 71.3. The fraction of sp³-hybridized carbons (Fsp3) is 0.171. The van der Waals surface area contributed by atoms with Crippen molar-refractivity contribution in [2.75, 3.05) is 4.90 Å². The van der Waals surface area contributed by atoms with Crippen molar-refractivity contribution < 1.29 is 105 Å². The topological polar surface area (TPSA) is 44.9 Å². The van der Waals surface area contributed by atoms with E-state index < -0.39 is 167 Å². The molecule has 28 heteroatoms. The van der Waals surface area contributed by atoms with E-state index >= 15 is 52.7 Å². The molecule has 2 aromatic heterocycles. The van der Waals surface area contributed by atoms with Gasteiger partial charge in [-0.1, -0.05) is 85.0 Å². The van der Waals surface area contributed by atoms with Crippen molar-refractivity contribution in [2.45, 2.75) is 74.7 Å². The van der Waals surface area contributed by atoms with E-state index in [0.717, 1.165) is 65.3 Å². The number of anilines is 2. The van der Waals surface area contributed by atoms with Crippen molar-refractivity contribution in [2.24, 2.45) is 0 Å². The van der Waals surface area contributed by atoms with Crippen LogP contribution in [0.25, 0.3) is 77.7 Å². The Hall–Kier alpha value is -10.2. The van der Waals surface area contributed by atoms with Crippen molar-refractivity contribution in [1.29, 1.82) is 5.26 Å². The molecule has 8 aromatic carbocycles. The van der Waals surface area contributed by atoms with Crippen LogP contribution in [0.4, 0.5) is 117 Å². The average Bonchev–Trinajstić information content (AvgIpc) is 1.53. The van der Waals surface area contributed by atoms with Gasteiger partial charge in [-0.2, -0.15) is 111 Å². The summed E-state index contributed by atoms with van der Waals surface area (Å²) in [5.74, 6) is -1.24. The number of hydrogen-bond donors (Lipinski definition) is 0. The molecule has 1 aliphatic heterocycles. The van der Waals surface area contributed by atoms with Crippen molar-refractivity contribution in [1.82, 2.24) is 9.55 Å². The highest BCUT2D eigenvalue weighted by Gasteiger charge is 2.51. The summed E-state index contributed by atoms with van der Waals surface area (Å²) < 4.78 is 352. The number of halogens is 24. The lowest BCUT2D eigenvalue weighted by molar-refractivity contribution is -0.144. The van der Waals surface area contributed by atoms with Crippen LogP contribution in [0, 0.1) is 18.3 Å². The molecule has 3 heterocycles. The Morgan fingerprint density at radius 3 is 1.20 bits per heavy atom. The summed E-state index contributed by atoms with van der Waals surface area (Å²) in [6, 6.07) is 21.4.